The van der Waals surface area contributed by atoms with Gasteiger partial charge in [-0.25, -0.2) is 4.79 Å². The number of rotatable bonds is 8. The Bertz CT molecular complexity index is 645. The van der Waals surface area contributed by atoms with E-state index in [4.69, 9.17) is 0 Å². The minimum absolute atomic E-state index is 0.331. The molecule has 0 aliphatic heterocycles. The summed E-state index contributed by atoms with van der Waals surface area (Å²) in [5.74, 6) is -0.853. The third kappa shape index (κ3) is 5.70. The van der Waals surface area contributed by atoms with Gasteiger partial charge in [0.15, 0.2) is 0 Å². The number of carbonyl (C=O) groups excluding carboxylic acids is 2. The van der Waals surface area contributed by atoms with Crippen LogP contribution in [-0.4, -0.2) is 43.0 Å². The number of amides is 3. The van der Waals surface area contributed by atoms with Crippen molar-refractivity contribution in [2.24, 2.45) is 0 Å². The molecule has 3 amide bonds. The lowest BCUT2D eigenvalue weighted by Gasteiger charge is -2.19. The SMILES string of the molecule is CCN(CC)CCNC(=O)NC(=O)C(c1ccccc1)c1ccccc1. The third-order valence-electron chi connectivity index (χ3n) is 4.37. The highest BCUT2D eigenvalue weighted by molar-refractivity contribution is 5.99. The van der Waals surface area contributed by atoms with Gasteiger partial charge >= 0.3 is 6.03 Å². The Hall–Kier alpha value is -2.66. The molecule has 0 aliphatic rings. The predicted molar refractivity (Wildman–Crippen MR) is 104 cm³/mol. The first-order chi connectivity index (χ1) is 12.7. The number of nitrogens with zero attached hydrogens (tertiary/aromatic N) is 1. The van der Waals surface area contributed by atoms with E-state index < -0.39 is 11.9 Å². The molecule has 0 fully saturated rings. The number of nitrogens with one attached hydrogen (secondary N) is 2. The Morgan fingerprint density at radius 1 is 0.885 bits per heavy atom. The van der Waals surface area contributed by atoms with Gasteiger partial charge in [-0.05, 0) is 24.2 Å². The molecule has 2 rings (SSSR count). The van der Waals surface area contributed by atoms with Gasteiger partial charge in [0, 0.05) is 13.1 Å². The topological polar surface area (TPSA) is 61.4 Å². The molecular formula is C21H27N3O2. The van der Waals surface area contributed by atoms with Crippen LogP contribution in [0.25, 0.3) is 0 Å². The van der Waals surface area contributed by atoms with Crippen molar-refractivity contribution >= 4 is 11.9 Å². The van der Waals surface area contributed by atoms with E-state index >= 15 is 0 Å². The molecule has 2 aromatic carbocycles. The molecule has 2 N–H and O–H groups in total. The Morgan fingerprint density at radius 3 is 1.85 bits per heavy atom. The Kier molecular flexibility index (Phi) is 7.83. The molecule has 0 aliphatic carbocycles. The van der Waals surface area contributed by atoms with Crippen LogP contribution in [0.5, 0.6) is 0 Å². The highest BCUT2D eigenvalue weighted by atomic mass is 16.2. The van der Waals surface area contributed by atoms with Gasteiger partial charge in [0.1, 0.15) is 0 Å². The summed E-state index contributed by atoms with van der Waals surface area (Å²) in [6, 6.07) is 18.5. The number of urea groups is 1. The van der Waals surface area contributed by atoms with Gasteiger partial charge in [0.2, 0.25) is 5.91 Å². The molecule has 0 spiro atoms. The largest absolute Gasteiger partial charge is 0.337 e. The molecule has 0 atom stereocenters. The fourth-order valence-corrected chi connectivity index (χ4v) is 2.88. The zero-order valence-electron chi connectivity index (χ0n) is 15.4. The fraction of sp³-hybridized carbons (Fsp3) is 0.333. The summed E-state index contributed by atoms with van der Waals surface area (Å²) in [5.41, 5.74) is 1.71. The third-order valence-corrected chi connectivity index (χ3v) is 4.37. The maximum absolute atomic E-state index is 12.8. The van der Waals surface area contributed by atoms with Crippen molar-refractivity contribution in [1.29, 1.82) is 0 Å². The van der Waals surface area contributed by atoms with E-state index in [0.29, 0.717) is 6.54 Å². The van der Waals surface area contributed by atoms with E-state index in [1.807, 2.05) is 60.7 Å². The summed E-state index contributed by atoms with van der Waals surface area (Å²) in [4.78, 5) is 27.1. The molecule has 0 aromatic heterocycles. The van der Waals surface area contributed by atoms with Gasteiger partial charge in [-0.15, -0.1) is 0 Å². The maximum Gasteiger partial charge on any atom is 0.321 e. The lowest BCUT2D eigenvalue weighted by atomic mass is 9.90. The Morgan fingerprint density at radius 2 is 1.38 bits per heavy atom. The van der Waals surface area contributed by atoms with Gasteiger partial charge < -0.3 is 10.2 Å². The van der Waals surface area contributed by atoms with Crippen LogP contribution in [-0.2, 0) is 4.79 Å². The lowest BCUT2D eigenvalue weighted by Crippen LogP contribution is -2.44. The molecule has 2 aromatic rings. The molecule has 138 valence electrons. The molecule has 5 nitrogen and oxygen atoms in total. The lowest BCUT2D eigenvalue weighted by molar-refractivity contribution is -0.120. The van der Waals surface area contributed by atoms with Crippen LogP contribution in [0.15, 0.2) is 60.7 Å². The summed E-state index contributed by atoms with van der Waals surface area (Å²) in [6.45, 7) is 7.29. The van der Waals surface area contributed by atoms with E-state index in [9.17, 15) is 9.59 Å². The zero-order valence-corrected chi connectivity index (χ0v) is 15.4. The molecule has 0 saturated heterocycles. The normalized spacial score (nSPS) is 10.8. The van der Waals surface area contributed by atoms with Crippen molar-refractivity contribution in [3.05, 3.63) is 71.8 Å². The minimum Gasteiger partial charge on any atom is -0.337 e. The summed E-state index contributed by atoms with van der Waals surface area (Å²) >= 11 is 0. The molecule has 0 bridgehead atoms. The number of carbonyl (C=O) groups is 2. The van der Waals surface area contributed by atoms with Crippen molar-refractivity contribution in [3.63, 3.8) is 0 Å². The second-order valence-corrected chi connectivity index (χ2v) is 6.03. The summed E-state index contributed by atoms with van der Waals surface area (Å²) < 4.78 is 0. The van der Waals surface area contributed by atoms with Crippen LogP contribution in [0.3, 0.4) is 0 Å². The first kappa shape index (κ1) is 19.7. The molecular weight excluding hydrogens is 326 g/mol. The average Bonchev–Trinajstić information content (AvgIpc) is 2.67. The first-order valence-corrected chi connectivity index (χ1v) is 9.06. The highest BCUT2D eigenvalue weighted by Gasteiger charge is 2.24. The molecule has 26 heavy (non-hydrogen) atoms. The van der Waals surface area contributed by atoms with Crippen LogP contribution in [0.2, 0.25) is 0 Å². The zero-order chi connectivity index (χ0) is 18.8. The Labute approximate surface area is 155 Å². The number of imide groups is 1. The standard InChI is InChI=1S/C21H27N3O2/c1-3-24(4-2)16-15-22-21(26)23-20(25)19(17-11-7-5-8-12-17)18-13-9-6-10-14-18/h5-14,19H,3-4,15-16H2,1-2H3,(H2,22,23,25,26). The van der Waals surface area contributed by atoms with Gasteiger partial charge in [-0.1, -0.05) is 74.5 Å². The van der Waals surface area contributed by atoms with Crippen LogP contribution in [0, 0.1) is 0 Å². The molecule has 5 heteroatoms. The van der Waals surface area contributed by atoms with Crippen LogP contribution in [0.1, 0.15) is 30.9 Å². The highest BCUT2D eigenvalue weighted by Crippen LogP contribution is 2.24. The molecule has 0 heterocycles. The van der Waals surface area contributed by atoms with Gasteiger partial charge in [0.25, 0.3) is 0 Å². The molecule has 0 unspecified atom stereocenters. The van der Waals surface area contributed by atoms with Crippen molar-refractivity contribution in [1.82, 2.24) is 15.5 Å². The van der Waals surface area contributed by atoms with E-state index in [1.165, 1.54) is 0 Å². The van der Waals surface area contributed by atoms with Gasteiger partial charge in [0.05, 0.1) is 5.92 Å². The van der Waals surface area contributed by atoms with E-state index in [2.05, 4.69) is 29.4 Å². The van der Waals surface area contributed by atoms with Gasteiger partial charge in [-0.2, -0.15) is 0 Å². The quantitative estimate of drug-likeness (QED) is 0.767. The van der Waals surface area contributed by atoms with Crippen LogP contribution >= 0.6 is 0 Å². The second-order valence-electron chi connectivity index (χ2n) is 6.03. The summed E-state index contributed by atoms with van der Waals surface area (Å²) in [7, 11) is 0. The van der Waals surface area contributed by atoms with Crippen molar-refractivity contribution in [3.8, 4) is 0 Å². The number of hydrogen-bond acceptors (Lipinski definition) is 3. The van der Waals surface area contributed by atoms with Crippen molar-refractivity contribution in [2.75, 3.05) is 26.2 Å². The monoisotopic (exact) mass is 353 g/mol. The van der Waals surface area contributed by atoms with Crippen molar-refractivity contribution < 1.29 is 9.59 Å². The minimum atomic E-state index is -0.522. The summed E-state index contributed by atoms with van der Waals surface area (Å²) in [5, 5.41) is 5.24. The molecule has 0 radical (unpaired) electrons. The van der Waals surface area contributed by atoms with Crippen molar-refractivity contribution in [2.45, 2.75) is 19.8 Å². The smallest absolute Gasteiger partial charge is 0.321 e. The number of benzene rings is 2. The number of hydrogen-bond donors (Lipinski definition) is 2. The Balaban J connectivity index is 2.02. The van der Waals surface area contributed by atoms with E-state index in [1.54, 1.807) is 0 Å². The number of likely N-dealkylation sites (N-methyl/N-ethyl adjacent to an activating group) is 1. The second kappa shape index (κ2) is 10.4. The average molecular weight is 353 g/mol. The van der Waals surface area contributed by atoms with E-state index in [-0.39, 0.29) is 5.91 Å². The van der Waals surface area contributed by atoms with Gasteiger partial charge in [-0.3, -0.25) is 10.1 Å². The van der Waals surface area contributed by atoms with E-state index in [0.717, 1.165) is 30.8 Å². The fourth-order valence-electron chi connectivity index (χ4n) is 2.88. The van der Waals surface area contributed by atoms with Crippen LogP contribution < -0.4 is 10.6 Å². The molecule has 0 saturated carbocycles. The predicted octanol–water partition coefficient (Wildman–Crippen LogP) is 2.99. The first-order valence-electron chi connectivity index (χ1n) is 9.06. The van der Waals surface area contributed by atoms with Crippen LogP contribution in [0.4, 0.5) is 4.79 Å². The summed E-state index contributed by atoms with van der Waals surface area (Å²) in [6.07, 6.45) is 0. The maximum atomic E-state index is 12.8.